The summed E-state index contributed by atoms with van der Waals surface area (Å²) in [5, 5.41) is 10.7. The van der Waals surface area contributed by atoms with Gasteiger partial charge in [0.25, 0.3) is 0 Å². The van der Waals surface area contributed by atoms with Crippen LogP contribution in [0.2, 0.25) is 0 Å². The van der Waals surface area contributed by atoms with Crippen LogP contribution < -0.4 is 5.11 Å². The molecule has 0 saturated carbocycles. The van der Waals surface area contributed by atoms with Gasteiger partial charge in [-0.1, -0.05) is 12.2 Å². The van der Waals surface area contributed by atoms with E-state index in [-0.39, 0.29) is 17.1 Å². The molecule has 0 spiro atoms. The number of ether oxygens (including phenoxy) is 1. The summed E-state index contributed by atoms with van der Waals surface area (Å²) in [7, 11) is 0. The maximum atomic E-state index is 10.7. The molecule has 1 aliphatic carbocycles. The van der Waals surface area contributed by atoms with Crippen molar-refractivity contribution in [1.82, 2.24) is 0 Å². The Morgan fingerprint density at radius 1 is 1.25 bits per heavy atom. The second-order valence-electron chi connectivity index (χ2n) is 2.99. The van der Waals surface area contributed by atoms with Gasteiger partial charge < -0.3 is 9.84 Å². The van der Waals surface area contributed by atoms with Crippen LogP contribution in [0.3, 0.4) is 0 Å². The summed E-state index contributed by atoms with van der Waals surface area (Å²) >= 11 is 0. The topological polar surface area (TPSA) is 49.4 Å². The first-order valence-electron chi connectivity index (χ1n) is 4.48. The van der Waals surface area contributed by atoms with Gasteiger partial charge in [0.1, 0.15) is 0 Å². The van der Waals surface area contributed by atoms with Crippen LogP contribution >= 0.6 is 0 Å². The van der Waals surface area contributed by atoms with Crippen molar-refractivity contribution < 1.29 is 31.7 Å². The second-order valence-corrected chi connectivity index (χ2v) is 2.99. The SMILES string of the molecule is O=C1OC([O-])=C2C=CC=C12.[Fe+2].c1cc[cH-]c1. The maximum Gasteiger partial charge on any atom is 2.00 e. The van der Waals surface area contributed by atoms with Crippen LogP contribution in [0.15, 0.2) is 65.7 Å². The Bertz CT molecular complexity index is 435. The van der Waals surface area contributed by atoms with E-state index in [1.807, 2.05) is 30.3 Å². The van der Waals surface area contributed by atoms with E-state index in [0.29, 0.717) is 11.1 Å². The van der Waals surface area contributed by atoms with Crippen molar-refractivity contribution in [1.29, 1.82) is 0 Å². The number of allylic oxidation sites excluding steroid dienone is 3. The molecule has 3 nitrogen and oxygen atoms in total. The Hall–Kier alpha value is -1.64. The summed E-state index contributed by atoms with van der Waals surface area (Å²) < 4.78 is 4.29. The molecule has 1 aromatic carbocycles. The Kier molecular flexibility index (Phi) is 4.23. The zero-order valence-electron chi connectivity index (χ0n) is 8.20. The van der Waals surface area contributed by atoms with Gasteiger partial charge in [-0.05, 0) is 6.08 Å². The van der Waals surface area contributed by atoms with Crippen molar-refractivity contribution in [3.05, 3.63) is 65.7 Å². The molecule has 0 bridgehead atoms. The van der Waals surface area contributed by atoms with Gasteiger partial charge in [-0.25, -0.2) is 12.1 Å². The van der Waals surface area contributed by atoms with Gasteiger partial charge in [0, 0.05) is 11.1 Å². The molecule has 0 N–H and O–H groups in total. The van der Waals surface area contributed by atoms with Crippen LogP contribution in [0.25, 0.3) is 0 Å². The Morgan fingerprint density at radius 3 is 2.44 bits per heavy atom. The zero-order valence-corrected chi connectivity index (χ0v) is 9.30. The minimum Gasteiger partial charge on any atom is -0.549 e. The molecule has 0 saturated heterocycles. The number of rotatable bonds is 0. The van der Waals surface area contributed by atoms with Crippen molar-refractivity contribution in [2.45, 2.75) is 0 Å². The van der Waals surface area contributed by atoms with E-state index in [1.165, 1.54) is 0 Å². The molecule has 16 heavy (non-hydrogen) atoms. The van der Waals surface area contributed by atoms with E-state index >= 15 is 0 Å². The number of esters is 1. The first-order valence-corrected chi connectivity index (χ1v) is 4.48. The molecular formula is C12H8FeO3. The fourth-order valence-corrected chi connectivity index (χ4v) is 1.29. The van der Waals surface area contributed by atoms with Crippen LogP contribution in [-0.4, -0.2) is 5.97 Å². The standard InChI is InChI=1S/C7H4O3.C5H5.Fe/c8-6-4-2-1-3-5(4)7(9)10-6;1-2-4-5-3-1;/h1-3,8H;1-5H;/q;-1;+2/p-1. The van der Waals surface area contributed by atoms with Crippen molar-refractivity contribution >= 4 is 5.97 Å². The fraction of sp³-hybridized carbons (Fsp3) is 0. The molecule has 0 radical (unpaired) electrons. The second kappa shape index (κ2) is 5.45. The molecule has 2 aliphatic rings. The molecule has 1 heterocycles. The largest absolute Gasteiger partial charge is 2.00 e. The van der Waals surface area contributed by atoms with Crippen molar-refractivity contribution in [3.63, 3.8) is 0 Å². The van der Waals surface area contributed by atoms with Crippen LogP contribution in [0.1, 0.15) is 0 Å². The molecule has 1 aromatic rings. The van der Waals surface area contributed by atoms with Gasteiger partial charge >= 0.3 is 17.1 Å². The number of hydrogen-bond acceptors (Lipinski definition) is 3. The van der Waals surface area contributed by atoms with Crippen molar-refractivity contribution in [2.24, 2.45) is 0 Å². The molecule has 3 rings (SSSR count). The third-order valence-corrected chi connectivity index (χ3v) is 2.00. The Labute approximate surface area is 104 Å². The van der Waals surface area contributed by atoms with E-state index in [9.17, 15) is 9.90 Å². The van der Waals surface area contributed by atoms with Gasteiger partial charge in [-0.15, -0.1) is 0 Å². The van der Waals surface area contributed by atoms with Crippen molar-refractivity contribution in [2.75, 3.05) is 0 Å². The molecular weight excluding hydrogens is 248 g/mol. The average Bonchev–Trinajstić information content (AvgIpc) is 2.93. The number of carbonyl (C=O) groups excluding carboxylic acids is 1. The van der Waals surface area contributed by atoms with Gasteiger partial charge in [0.15, 0.2) is 0 Å². The molecule has 0 amide bonds. The van der Waals surface area contributed by atoms with Crippen LogP contribution in [-0.2, 0) is 26.6 Å². The van der Waals surface area contributed by atoms with Crippen LogP contribution in [0.5, 0.6) is 0 Å². The normalized spacial score (nSPS) is 15.8. The number of carbonyl (C=O) groups is 1. The van der Waals surface area contributed by atoms with Gasteiger partial charge in [-0.2, -0.15) is 18.2 Å². The summed E-state index contributed by atoms with van der Waals surface area (Å²) in [5.74, 6) is -1.07. The van der Waals surface area contributed by atoms with Crippen LogP contribution in [0.4, 0.5) is 0 Å². The number of cyclic esters (lactones) is 1. The predicted molar refractivity (Wildman–Crippen MR) is 52.4 cm³/mol. The maximum absolute atomic E-state index is 10.7. The molecule has 82 valence electrons. The molecule has 0 fully saturated rings. The first-order chi connectivity index (χ1) is 7.29. The van der Waals surface area contributed by atoms with Crippen molar-refractivity contribution in [3.8, 4) is 0 Å². The summed E-state index contributed by atoms with van der Waals surface area (Å²) in [6, 6.07) is 10.0. The number of fused-ring (bicyclic) bond motifs is 1. The van der Waals surface area contributed by atoms with E-state index in [2.05, 4.69) is 4.74 Å². The predicted octanol–water partition coefficient (Wildman–Crippen LogP) is 1.01. The van der Waals surface area contributed by atoms with E-state index in [1.54, 1.807) is 18.2 Å². The minimum absolute atomic E-state index is 0. The summed E-state index contributed by atoms with van der Waals surface area (Å²) in [6.07, 6.45) is 4.80. The summed E-state index contributed by atoms with van der Waals surface area (Å²) in [4.78, 5) is 10.7. The van der Waals surface area contributed by atoms with E-state index in [0.717, 1.165) is 0 Å². The molecule has 0 unspecified atom stereocenters. The average molecular weight is 256 g/mol. The molecule has 0 aromatic heterocycles. The Morgan fingerprint density at radius 2 is 1.94 bits per heavy atom. The summed E-state index contributed by atoms with van der Waals surface area (Å²) in [6.45, 7) is 0. The minimum atomic E-state index is -0.537. The smallest absolute Gasteiger partial charge is 0.549 e. The third-order valence-electron chi connectivity index (χ3n) is 2.00. The van der Waals surface area contributed by atoms with Crippen LogP contribution in [0, 0.1) is 0 Å². The van der Waals surface area contributed by atoms with Gasteiger partial charge in [0.05, 0.1) is 5.95 Å². The molecule has 4 heteroatoms. The first kappa shape index (κ1) is 12.4. The third kappa shape index (κ3) is 2.48. The molecule has 0 atom stereocenters. The quantitative estimate of drug-likeness (QED) is 0.395. The fourth-order valence-electron chi connectivity index (χ4n) is 1.29. The number of hydrogen-bond donors (Lipinski definition) is 0. The van der Waals surface area contributed by atoms with Gasteiger partial charge in [-0.3, -0.25) is 4.79 Å². The Balaban J connectivity index is 0.000000183. The van der Waals surface area contributed by atoms with E-state index < -0.39 is 11.9 Å². The van der Waals surface area contributed by atoms with Gasteiger partial charge in [0.2, 0.25) is 5.97 Å². The summed E-state index contributed by atoms with van der Waals surface area (Å²) in [5.41, 5.74) is 0.759. The zero-order chi connectivity index (χ0) is 10.7. The van der Waals surface area contributed by atoms with E-state index in [4.69, 9.17) is 0 Å². The monoisotopic (exact) mass is 256 g/mol. The molecule has 1 aliphatic heterocycles.